The quantitative estimate of drug-likeness (QED) is 0.756. The molecule has 1 aliphatic heterocycles. The molecule has 2 aliphatic rings. The molecule has 0 bridgehead atoms. The van der Waals surface area contributed by atoms with Crippen molar-refractivity contribution >= 4 is 0 Å². The maximum atomic E-state index is 9.75. The van der Waals surface area contributed by atoms with Gasteiger partial charge in [-0.1, -0.05) is 6.42 Å². The van der Waals surface area contributed by atoms with Gasteiger partial charge < -0.3 is 10.4 Å². The summed E-state index contributed by atoms with van der Waals surface area (Å²) in [5.74, 6) is 0.507. The summed E-state index contributed by atoms with van der Waals surface area (Å²) < 4.78 is 0. The van der Waals surface area contributed by atoms with Gasteiger partial charge in [-0.15, -0.1) is 0 Å². The lowest BCUT2D eigenvalue weighted by Crippen LogP contribution is -2.38. The Kier molecular flexibility index (Phi) is 4.22. The average molecular weight is 226 g/mol. The van der Waals surface area contributed by atoms with Crippen LogP contribution in [-0.4, -0.2) is 47.8 Å². The zero-order valence-electron chi connectivity index (χ0n) is 10.7. The standard InChI is InChI=1S/C13H26N2O/c1-10(2)15-7-6-12(9-15)14-8-11-4-3-5-13(11)16/h10-14,16H,3-9H2,1-2H3. The van der Waals surface area contributed by atoms with E-state index in [-0.39, 0.29) is 6.10 Å². The van der Waals surface area contributed by atoms with Gasteiger partial charge in [0.25, 0.3) is 0 Å². The van der Waals surface area contributed by atoms with Gasteiger partial charge >= 0.3 is 0 Å². The first-order chi connectivity index (χ1) is 7.66. The minimum atomic E-state index is -0.0462. The lowest BCUT2D eigenvalue weighted by molar-refractivity contribution is 0.129. The number of nitrogens with zero attached hydrogens (tertiary/aromatic N) is 1. The maximum absolute atomic E-state index is 9.75. The zero-order valence-corrected chi connectivity index (χ0v) is 10.7. The van der Waals surface area contributed by atoms with Crippen LogP contribution in [0.4, 0.5) is 0 Å². The molecule has 0 aromatic rings. The van der Waals surface area contributed by atoms with Gasteiger partial charge in [-0.3, -0.25) is 4.90 Å². The molecule has 3 unspecified atom stereocenters. The Morgan fingerprint density at radius 2 is 2.12 bits per heavy atom. The summed E-state index contributed by atoms with van der Waals surface area (Å²) in [4.78, 5) is 2.53. The second kappa shape index (κ2) is 5.48. The first kappa shape index (κ1) is 12.3. The van der Waals surface area contributed by atoms with Crippen molar-refractivity contribution in [3.05, 3.63) is 0 Å². The number of hydrogen-bond donors (Lipinski definition) is 2. The molecule has 0 spiro atoms. The van der Waals surface area contributed by atoms with E-state index in [1.54, 1.807) is 0 Å². The van der Waals surface area contributed by atoms with Crippen molar-refractivity contribution < 1.29 is 5.11 Å². The third-order valence-corrected chi connectivity index (χ3v) is 4.24. The van der Waals surface area contributed by atoms with Gasteiger partial charge in [0.15, 0.2) is 0 Å². The van der Waals surface area contributed by atoms with Crippen LogP contribution in [0.25, 0.3) is 0 Å². The molecule has 16 heavy (non-hydrogen) atoms. The Bertz CT molecular complexity index is 220. The van der Waals surface area contributed by atoms with Gasteiger partial charge in [-0.25, -0.2) is 0 Å². The molecule has 1 saturated heterocycles. The minimum absolute atomic E-state index is 0.0462. The summed E-state index contributed by atoms with van der Waals surface area (Å²) in [7, 11) is 0. The fourth-order valence-corrected chi connectivity index (χ4v) is 3.00. The van der Waals surface area contributed by atoms with Crippen molar-refractivity contribution in [1.82, 2.24) is 10.2 Å². The normalized spacial score (nSPS) is 36.4. The van der Waals surface area contributed by atoms with Gasteiger partial charge in [0.2, 0.25) is 0 Å². The molecular weight excluding hydrogens is 200 g/mol. The number of hydrogen-bond acceptors (Lipinski definition) is 3. The summed E-state index contributed by atoms with van der Waals surface area (Å²) in [5.41, 5.74) is 0. The Balaban J connectivity index is 1.67. The molecule has 3 atom stereocenters. The van der Waals surface area contributed by atoms with Crippen molar-refractivity contribution in [2.24, 2.45) is 5.92 Å². The molecule has 94 valence electrons. The number of likely N-dealkylation sites (tertiary alicyclic amines) is 1. The molecular formula is C13H26N2O. The summed E-state index contributed by atoms with van der Waals surface area (Å²) in [6, 6.07) is 1.32. The SMILES string of the molecule is CC(C)N1CCC(NCC2CCCC2O)C1. The van der Waals surface area contributed by atoms with Crippen molar-refractivity contribution in [2.45, 2.75) is 57.7 Å². The lowest BCUT2D eigenvalue weighted by Gasteiger charge is -2.22. The molecule has 2 N–H and O–H groups in total. The van der Waals surface area contributed by atoms with Crippen molar-refractivity contribution in [3.63, 3.8) is 0 Å². The second-order valence-electron chi connectivity index (χ2n) is 5.74. The Hall–Kier alpha value is -0.120. The van der Waals surface area contributed by atoms with E-state index in [0.717, 1.165) is 13.0 Å². The van der Waals surface area contributed by atoms with Crippen LogP contribution in [0.3, 0.4) is 0 Å². The maximum Gasteiger partial charge on any atom is 0.0580 e. The van der Waals surface area contributed by atoms with Gasteiger partial charge in [0.1, 0.15) is 0 Å². The van der Waals surface area contributed by atoms with E-state index in [1.165, 1.54) is 32.4 Å². The van der Waals surface area contributed by atoms with Crippen LogP contribution >= 0.6 is 0 Å². The topological polar surface area (TPSA) is 35.5 Å². The van der Waals surface area contributed by atoms with Crippen molar-refractivity contribution in [3.8, 4) is 0 Å². The number of aliphatic hydroxyl groups is 1. The second-order valence-corrected chi connectivity index (χ2v) is 5.74. The molecule has 0 aromatic heterocycles. The van der Waals surface area contributed by atoms with Crippen molar-refractivity contribution in [2.75, 3.05) is 19.6 Å². The smallest absolute Gasteiger partial charge is 0.0580 e. The first-order valence-electron chi connectivity index (χ1n) is 6.82. The number of aliphatic hydroxyl groups excluding tert-OH is 1. The van der Waals surface area contributed by atoms with E-state index in [1.807, 2.05) is 0 Å². The number of nitrogens with one attached hydrogen (secondary N) is 1. The number of rotatable bonds is 4. The van der Waals surface area contributed by atoms with E-state index < -0.39 is 0 Å². The first-order valence-corrected chi connectivity index (χ1v) is 6.82. The molecule has 0 radical (unpaired) electrons. The highest BCUT2D eigenvalue weighted by Gasteiger charge is 2.28. The van der Waals surface area contributed by atoms with Gasteiger partial charge in [-0.05, 0) is 45.6 Å². The molecule has 0 amide bonds. The largest absolute Gasteiger partial charge is 0.393 e. The fourth-order valence-electron chi connectivity index (χ4n) is 3.00. The van der Waals surface area contributed by atoms with E-state index in [2.05, 4.69) is 24.1 Å². The summed E-state index contributed by atoms with van der Waals surface area (Å²) in [6.07, 6.45) is 4.64. The fraction of sp³-hybridized carbons (Fsp3) is 1.00. The highest BCUT2D eigenvalue weighted by Crippen LogP contribution is 2.25. The predicted molar refractivity (Wildman–Crippen MR) is 66.5 cm³/mol. The van der Waals surface area contributed by atoms with Crippen molar-refractivity contribution in [1.29, 1.82) is 0 Å². The molecule has 2 fully saturated rings. The van der Waals surface area contributed by atoms with Gasteiger partial charge in [0.05, 0.1) is 6.10 Å². The third kappa shape index (κ3) is 2.96. The van der Waals surface area contributed by atoms with Gasteiger partial charge in [-0.2, -0.15) is 0 Å². The molecule has 1 aliphatic carbocycles. The monoisotopic (exact) mass is 226 g/mol. The van der Waals surface area contributed by atoms with Crippen LogP contribution in [0.15, 0.2) is 0 Å². The molecule has 1 saturated carbocycles. The Labute approximate surface area is 99.2 Å². The van der Waals surface area contributed by atoms with Crippen LogP contribution in [0.5, 0.6) is 0 Å². The molecule has 3 nitrogen and oxygen atoms in total. The van der Waals surface area contributed by atoms with Crippen LogP contribution in [-0.2, 0) is 0 Å². The predicted octanol–water partition coefficient (Wildman–Crippen LogP) is 1.22. The van der Waals surface area contributed by atoms with E-state index in [0.29, 0.717) is 18.0 Å². The van der Waals surface area contributed by atoms with Crippen LogP contribution in [0.1, 0.15) is 39.5 Å². The van der Waals surface area contributed by atoms with E-state index in [4.69, 9.17) is 0 Å². The minimum Gasteiger partial charge on any atom is -0.393 e. The Morgan fingerprint density at radius 1 is 1.31 bits per heavy atom. The summed E-state index contributed by atoms with van der Waals surface area (Å²) in [5, 5.41) is 13.4. The highest BCUT2D eigenvalue weighted by molar-refractivity contribution is 4.85. The molecule has 3 heteroatoms. The highest BCUT2D eigenvalue weighted by atomic mass is 16.3. The van der Waals surface area contributed by atoms with E-state index in [9.17, 15) is 5.11 Å². The summed E-state index contributed by atoms with van der Waals surface area (Å²) in [6.45, 7) is 7.95. The molecule has 0 aromatic carbocycles. The van der Waals surface area contributed by atoms with Crippen LogP contribution in [0.2, 0.25) is 0 Å². The molecule has 2 rings (SSSR count). The lowest BCUT2D eigenvalue weighted by atomic mass is 10.1. The average Bonchev–Trinajstić information content (AvgIpc) is 2.83. The van der Waals surface area contributed by atoms with Gasteiger partial charge in [0, 0.05) is 25.2 Å². The van der Waals surface area contributed by atoms with Crippen LogP contribution in [0, 0.1) is 5.92 Å². The zero-order chi connectivity index (χ0) is 11.5. The van der Waals surface area contributed by atoms with E-state index >= 15 is 0 Å². The van der Waals surface area contributed by atoms with Crippen LogP contribution < -0.4 is 5.32 Å². The Morgan fingerprint density at radius 3 is 2.69 bits per heavy atom. The summed E-state index contributed by atoms with van der Waals surface area (Å²) >= 11 is 0. The third-order valence-electron chi connectivity index (χ3n) is 4.24. The molecule has 1 heterocycles.